The van der Waals surface area contributed by atoms with Crippen molar-refractivity contribution in [2.75, 3.05) is 6.54 Å². The molecule has 0 aromatic carbocycles. The average Bonchev–Trinajstić information content (AvgIpc) is 2.58. The molecule has 5 unspecified atom stereocenters. The Morgan fingerprint density at radius 3 is 2.21 bits per heavy atom. The SMILES string of the molecule is CCCNC(CCCC(C)C)C1C(C)OC(C)C1C. The molecular weight excluding hydrogens is 234 g/mol. The minimum atomic E-state index is 0.401. The van der Waals surface area contributed by atoms with Gasteiger partial charge < -0.3 is 10.1 Å². The number of hydrogen-bond donors (Lipinski definition) is 1. The summed E-state index contributed by atoms with van der Waals surface area (Å²) in [7, 11) is 0. The first kappa shape index (κ1) is 17.0. The van der Waals surface area contributed by atoms with Gasteiger partial charge in [-0.2, -0.15) is 0 Å². The van der Waals surface area contributed by atoms with Crippen molar-refractivity contribution in [2.24, 2.45) is 17.8 Å². The Balaban J connectivity index is 2.56. The predicted molar refractivity (Wildman–Crippen MR) is 83.4 cm³/mol. The first-order chi connectivity index (χ1) is 8.97. The van der Waals surface area contributed by atoms with Gasteiger partial charge in [0.2, 0.25) is 0 Å². The summed E-state index contributed by atoms with van der Waals surface area (Å²) in [6, 6.07) is 0.633. The molecule has 1 saturated heterocycles. The second-order valence-corrected chi connectivity index (χ2v) is 6.87. The lowest BCUT2D eigenvalue weighted by Gasteiger charge is -2.30. The largest absolute Gasteiger partial charge is 0.375 e. The van der Waals surface area contributed by atoms with Crippen molar-refractivity contribution in [3.63, 3.8) is 0 Å². The van der Waals surface area contributed by atoms with Crippen LogP contribution in [0.2, 0.25) is 0 Å². The van der Waals surface area contributed by atoms with Gasteiger partial charge >= 0.3 is 0 Å². The van der Waals surface area contributed by atoms with Gasteiger partial charge in [0.15, 0.2) is 0 Å². The molecule has 0 saturated carbocycles. The zero-order valence-corrected chi connectivity index (χ0v) is 13.9. The topological polar surface area (TPSA) is 21.3 Å². The molecule has 0 radical (unpaired) electrons. The van der Waals surface area contributed by atoms with Crippen LogP contribution in [-0.4, -0.2) is 24.8 Å². The first-order valence-electron chi connectivity index (χ1n) is 8.36. The Kier molecular flexibility index (Phi) is 7.38. The summed E-state index contributed by atoms with van der Waals surface area (Å²) < 4.78 is 6.03. The van der Waals surface area contributed by atoms with E-state index < -0.39 is 0 Å². The summed E-state index contributed by atoms with van der Waals surface area (Å²) in [6.45, 7) is 14.9. The molecule has 1 rings (SSSR count). The van der Waals surface area contributed by atoms with E-state index in [9.17, 15) is 0 Å². The van der Waals surface area contributed by atoms with Crippen LogP contribution in [-0.2, 0) is 4.74 Å². The lowest BCUT2D eigenvalue weighted by Crippen LogP contribution is -2.42. The maximum Gasteiger partial charge on any atom is 0.0597 e. The molecule has 19 heavy (non-hydrogen) atoms. The lowest BCUT2D eigenvalue weighted by atomic mass is 9.81. The van der Waals surface area contributed by atoms with Crippen molar-refractivity contribution in [1.29, 1.82) is 0 Å². The Bertz CT molecular complexity index is 241. The highest BCUT2D eigenvalue weighted by atomic mass is 16.5. The van der Waals surface area contributed by atoms with Crippen LogP contribution >= 0.6 is 0 Å². The third kappa shape index (κ3) is 5.07. The first-order valence-corrected chi connectivity index (χ1v) is 8.36. The van der Waals surface area contributed by atoms with E-state index in [1.807, 2.05) is 0 Å². The van der Waals surface area contributed by atoms with Gasteiger partial charge in [-0.15, -0.1) is 0 Å². The molecule has 2 nitrogen and oxygen atoms in total. The van der Waals surface area contributed by atoms with Crippen LogP contribution in [0, 0.1) is 17.8 Å². The van der Waals surface area contributed by atoms with E-state index >= 15 is 0 Å². The molecule has 1 N–H and O–H groups in total. The fourth-order valence-corrected chi connectivity index (χ4v) is 3.49. The van der Waals surface area contributed by atoms with Crippen LogP contribution < -0.4 is 5.32 Å². The smallest absolute Gasteiger partial charge is 0.0597 e. The molecular formula is C17H35NO. The fourth-order valence-electron chi connectivity index (χ4n) is 3.49. The third-order valence-electron chi connectivity index (χ3n) is 4.74. The predicted octanol–water partition coefficient (Wildman–Crippen LogP) is 4.24. The Hall–Kier alpha value is -0.0800. The average molecular weight is 269 g/mol. The second kappa shape index (κ2) is 8.26. The van der Waals surface area contributed by atoms with Crippen LogP contribution in [0.4, 0.5) is 0 Å². The molecule has 1 aliphatic rings. The Morgan fingerprint density at radius 1 is 1.05 bits per heavy atom. The zero-order chi connectivity index (χ0) is 14.4. The van der Waals surface area contributed by atoms with E-state index in [-0.39, 0.29) is 0 Å². The molecule has 0 aromatic heterocycles. The molecule has 1 heterocycles. The molecule has 0 bridgehead atoms. The molecule has 0 aromatic rings. The summed E-state index contributed by atoms with van der Waals surface area (Å²) in [5.74, 6) is 2.16. The molecule has 0 aliphatic carbocycles. The van der Waals surface area contributed by atoms with Crippen LogP contribution in [0.1, 0.15) is 67.2 Å². The van der Waals surface area contributed by atoms with Crippen molar-refractivity contribution in [3.05, 3.63) is 0 Å². The van der Waals surface area contributed by atoms with E-state index in [0.29, 0.717) is 30.1 Å². The van der Waals surface area contributed by atoms with Crippen molar-refractivity contribution >= 4 is 0 Å². The van der Waals surface area contributed by atoms with Gasteiger partial charge in [-0.05, 0) is 45.1 Å². The van der Waals surface area contributed by atoms with Gasteiger partial charge in [0.05, 0.1) is 12.2 Å². The molecule has 5 atom stereocenters. The van der Waals surface area contributed by atoms with Gasteiger partial charge in [0.25, 0.3) is 0 Å². The summed E-state index contributed by atoms with van der Waals surface area (Å²) in [6.07, 6.45) is 6.01. The van der Waals surface area contributed by atoms with Gasteiger partial charge in [0.1, 0.15) is 0 Å². The second-order valence-electron chi connectivity index (χ2n) is 6.87. The lowest BCUT2D eigenvalue weighted by molar-refractivity contribution is 0.0470. The molecule has 114 valence electrons. The molecule has 1 aliphatic heterocycles. The van der Waals surface area contributed by atoms with Crippen molar-refractivity contribution in [1.82, 2.24) is 5.32 Å². The van der Waals surface area contributed by atoms with Gasteiger partial charge in [-0.1, -0.05) is 40.5 Å². The van der Waals surface area contributed by atoms with E-state index in [2.05, 4.69) is 46.9 Å². The highest BCUT2D eigenvalue weighted by Crippen LogP contribution is 2.36. The van der Waals surface area contributed by atoms with Crippen molar-refractivity contribution < 1.29 is 4.74 Å². The van der Waals surface area contributed by atoms with Crippen LogP contribution in [0.15, 0.2) is 0 Å². The third-order valence-corrected chi connectivity index (χ3v) is 4.74. The highest BCUT2D eigenvalue weighted by Gasteiger charge is 2.41. The van der Waals surface area contributed by atoms with E-state index in [1.54, 1.807) is 0 Å². The van der Waals surface area contributed by atoms with Gasteiger partial charge in [0, 0.05) is 12.0 Å². The maximum atomic E-state index is 6.03. The summed E-state index contributed by atoms with van der Waals surface area (Å²) in [4.78, 5) is 0. The molecule has 0 spiro atoms. The minimum absolute atomic E-state index is 0.401. The Morgan fingerprint density at radius 2 is 1.74 bits per heavy atom. The standard InChI is InChI=1S/C17H35NO/c1-7-11-18-16(10-8-9-12(2)3)17-13(4)14(5)19-15(17)6/h12-18H,7-11H2,1-6H3. The number of rotatable bonds is 8. The van der Waals surface area contributed by atoms with E-state index in [0.717, 1.165) is 12.5 Å². The summed E-state index contributed by atoms with van der Waals surface area (Å²) in [5.41, 5.74) is 0. The van der Waals surface area contributed by atoms with E-state index in [1.165, 1.54) is 25.7 Å². The number of ether oxygens (including phenoxy) is 1. The Labute approximate surface area is 120 Å². The van der Waals surface area contributed by atoms with Crippen LogP contribution in [0.25, 0.3) is 0 Å². The molecule has 1 fully saturated rings. The van der Waals surface area contributed by atoms with E-state index in [4.69, 9.17) is 4.74 Å². The maximum absolute atomic E-state index is 6.03. The summed E-state index contributed by atoms with van der Waals surface area (Å²) in [5, 5.41) is 3.79. The monoisotopic (exact) mass is 269 g/mol. The van der Waals surface area contributed by atoms with Gasteiger partial charge in [-0.3, -0.25) is 0 Å². The fraction of sp³-hybridized carbons (Fsp3) is 1.00. The normalized spacial score (nSPS) is 33.0. The van der Waals surface area contributed by atoms with Gasteiger partial charge in [-0.25, -0.2) is 0 Å². The quantitative estimate of drug-likeness (QED) is 0.711. The molecule has 0 amide bonds. The molecule has 2 heteroatoms. The number of nitrogens with one attached hydrogen (secondary N) is 1. The van der Waals surface area contributed by atoms with Crippen molar-refractivity contribution in [2.45, 2.75) is 85.5 Å². The number of hydrogen-bond acceptors (Lipinski definition) is 2. The minimum Gasteiger partial charge on any atom is -0.375 e. The van der Waals surface area contributed by atoms with Crippen LogP contribution in [0.5, 0.6) is 0 Å². The summed E-state index contributed by atoms with van der Waals surface area (Å²) >= 11 is 0. The van der Waals surface area contributed by atoms with Crippen molar-refractivity contribution in [3.8, 4) is 0 Å². The van der Waals surface area contributed by atoms with Crippen LogP contribution in [0.3, 0.4) is 0 Å². The highest BCUT2D eigenvalue weighted by molar-refractivity contribution is 4.91. The zero-order valence-electron chi connectivity index (χ0n) is 13.9.